The number of hydrogen-bond acceptors (Lipinski definition) is 3. The first kappa shape index (κ1) is 11.3. The van der Waals surface area contributed by atoms with Gasteiger partial charge in [0.2, 0.25) is 0 Å². The Bertz CT molecular complexity index is 381. The van der Waals surface area contributed by atoms with Gasteiger partial charge in [-0.1, -0.05) is 11.6 Å². The highest BCUT2D eigenvalue weighted by Gasteiger charge is 2.39. The van der Waals surface area contributed by atoms with Gasteiger partial charge in [0.25, 0.3) is 0 Å². The number of halogens is 1. The van der Waals surface area contributed by atoms with E-state index < -0.39 is 0 Å². The van der Waals surface area contributed by atoms with E-state index in [0.29, 0.717) is 23.3 Å². The second-order valence-electron chi connectivity index (χ2n) is 5.08. The predicted molar refractivity (Wildman–Crippen MR) is 67.5 cm³/mol. The fourth-order valence-electron chi connectivity index (χ4n) is 3.08. The van der Waals surface area contributed by atoms with Gasteiger partial charge >= 0.3 is 0 Å². The van der Waals surface area contributed by atoms with E-state index >= 15 is 0 Å². The second kappa shape index (κ2) is 4.46. The Morgan fingerprint density at radius 1 is 1.29 bits per heavy atom. The smallest absolute Gasteiger partial charge is 0.138 e. The van der Waals surface area contributed by atoms with Crippen molar-refractivity contribution in [1.82, 2.24) is 9.88 Å². The van der Waals surface area contributed by atoms with Crippen LogP contribution in [0.2, 0.25) is 5.15 Å². The zero-order valence-electron chi connectivity index (χ0n) is 9.97. The van der Waals surface area contributed by atoms with Crippen LogP contribution in [0.4, 0.5) is 0 Å². The van der Waals surface area contributed by atoms with Crippen molar-refractivity contribution in [2.45, 2.75) is 43.9 Å². The summed E-state index contributed by atoms with van der Waals surface area (Å²) in [5.74, 6) is 0.836. The van der Waals surface area contributed by atoms with Gasteiger partial charge in [-0.05, 0) is 44.9 Å². The summed E-state index contributed by atoms with van der Waals surface area (Å²) in [6.07, 6.45) is 6.96. The van der Waals surface area contributed by atoms with Crippen LogP contribution in [0.1, 0.15) is 25.7 Å². The first-order valence-corrected chi connectivity index (χ1v) is 6.60. The van der Waals surface area contributed by atoms with Gasteiger partial charge in [0.05, 0.1) is 6.20 Å². The molecule has 0 saturated carbocycles. The van der Waals surface area contributed by atoms with Gasteiger partial charge in [-0.15, -0.1) is 0 Å². The maximum atomic E-state index is 5.99. The van der Waals surface area contributed by atoms with Crippen LogP contribution in [0.5, 0.6) is 5.75 Å². The van der Waals surface area contributed by atoms with Crippen molar-refractivity contribution < 1.29 is 4.74 Å². The molecule has 4 heteroatoms. The number of fused-ring (bicyclic) bond motifs is 2. The van der Waals surface area contributed by atoms with Gasteiger partial charge in [-0.2, -0.15) is 0 Å². The average molecular weight is 253 g/mol. The highest BCUT2D eigenvalue weighted by molar-refractivity contribution is 6.29. The SMILES string of the molecule is CN1C2CCC1CC(Oc1ccc(Cl)nc1)C2. The third-order valence-corrected chi connectivity index (χ3v) is 4.28. The monoisotopic (exact) mass is 252 g/mol. The van der Waals surface area contributed by atoms with Crippen molar-refractivity contribution >= 4 is 11.6 Å². The molecule has 2 bridgehead atoms. The Labute approximate surface area is 107 Å². The lowest BCUT2D eigenvalue weighted by Gasteiger charge is -2.36. The van der Waals surface area contributed by atoms with Gasteiger partial charge in [-0.3, -0.25) is 0 Å². The lowest BCUT2D eigenvalue weighted by Crippen LogP contribution is -2.43. The molecule has 3 heterocycles. The van der Waals surface area contributed by atoms with Gasteiger partial charge in [0.1, 0.15) is 17.0 Å². The van der Waals surface area contributed by atoms with E-state index in [9.17, 15) is 0 Å². The zero-order chi connectivity index (χ0) is 11.8. The number of nitrogens with zero attached hydrogens (tertiary/aromatic N) is 2. The molecule has 1 aromatic rings. The van der Waals surface area contributed by atoms with Crippen LogP contribution in [-0.2, 0) is 0 Å². The fourth-order valence-corrected chi connectivity index (χ4v) is 3.19. The third kappa shape index (κ3) is 2.26. The van der Waals surface area contributed by atoms with Crippen LogP contribution in [0.3, 0.4) is 0 Å². The predicted octanol–water partition coefficient (Wildman–Crippen LogP) is 2.74. The van der Waals surface area contributed by atoms with Gasteiger partial charge in [0.15, 0.2) is 0 Å². The largest absolute Gasteiger partial charge is 0.489 e. The van der Waals surface area contributed by atoms with E-state index in [2.05, 4.69) is 16.9 Å². The summed E-state index contributed by atoms with van der Waals surface area (Å²) in [5.41, 5.74) is 0. The second-order valence-corrected chi connectivity index (χ2v) is 5.47. The first-order valence-electron chi connectivity index (χ1n) is 6.22. The summed E-state index contributed by atoms with van der Waals surface area (Å²) in [6.45, 7) is 0. The molecule has 0 aliphatic carbocycles. The van der Waals surface area contributed by atoms with Gasteiger partial charge in [0, 0.05) is 12.1 Å². The van der Waals surface area contributed by atoms with E-state index in [0.717, 1.165) is 18.6 Å². The Hall–Kier alpha value is -0.800. The summed E-state index contributed by atoms with van der Waals surface area (Å²) >= 11 is 5.76. The summed E-state index contributed by atoms with van der Waals surface area (Å²) in [6, 6.07) is 5.09. The minimum absolute atomic E-state index is 0.340. The molecule has 2 aliphatic rings. The van der Waals surface area contributed by atoms with Crippen LogP contribution in [0, 0.1) is 0 Å². The molecule has 92 valence electrons. The van der Waals surface area contributed by atoms with Crippen LogP contribution >= 0.6 is 11.6 Å². The van der Waals surface area contributed by atoms with E-state index in [1.54, 1.807) is 12.3 Å². The number of ether oxygens (including phenoxy) is 1. The molecular weight excluding hydrogens is 236 g/mol. The Morgan fingerprint density at radius 3 is 2.59 bits per heavy atom. The zero-order valence-corrected chi connectivity index (χ0v) is 10.7. The molecule has 2 fully saturated rings. The molecular formula is C13H17ClN2O. The topological polar surface area (TPSA) is 25.4 Å². The van der Waals surface area contributed by atoms with Crippen LogP contribution in [0.25, 0.3) is 0 Å². The molecule has 0 spiro atoms. The maximum absolute atomic E-state index is 5.99. The molecule has 1 aromatic heterocycles. The normalized spacial score (nSPS) is 32.7. The third-order valence-electron chi connectivity index (χ3n) is 4.06. The molecule has 0 N–H and O–H groups in total. The molecule has 2 saturated heterocycles. The number of rotatable bonds is 2. The van der Waals surface area contributed by atoms with Crippen molar-refractivity contribution in [3.63, 3.8) is 0 Å². The van der Waals surface area contributed by atoms with E-state index in [-0.39, 0.29) is 0 Å². The Kier molecular flexibility index (Phi) is 2.97. The molecule has 3 nitrogen and oxygen atoms in total. The molecule has 17 heavy (non-hydrogen) atoms. The van der Waals surface area contributed by atoms with Crippen LogP contribution in [0.15, 0.2) is 18.3 Å². The van der Waals surface area contributed by atoms with Crippen LogP contribution in [-0.4, -0.2) is 35.1 Å². The van der Waals surface area contributed by atoms with Crippen molar-refractivity contribution in [1.29, 1.82) is 0 Å². The summed E-state index contributed by atoms with van der Waals surface area (Å²) in [5, 5.41) is 0.515. The highest BCUT2D eigenvalue weighted by Crippen LogP contribution is 2.35. The molecule has 2 atom stereocenters. The van der Waals surface area contributed by atoms with Crippen molar-refractivity contribution in [2.75, 3.05) is 7.05 Å². The quantitative estimate of drug-likeness (QED) is 0.757. The first-order chi connectivity index (χ1) is 8.22. The lowest BCUT2D eigenvalue weighted by molar-refractivity contribution is 0.0659. The minimum Gasteiger partial charge on any atom is -0.489 e. The maximum Gasteiger partial charge on any atom is 0.138 e. The standard InChI is InChI=1S/C13H17ClN2O/c1-16-9-2-3-10(16)7-12(6-9)17-11-4-5-13(14)15-8-11/h4-5,8-10,12H,2-3,6-7H2,1H3. The van der Waals surface area contributed by atoms with Crippen molar-refractivity contribution in [3.05, 3.63) is 23.5 Å². The number of aromatic nitrogens is 1. The molecule has 0 radical (unpaired) electrons. The van der Waals surface area contributed by atoms with Gasteiger partial charge in [-0.25, -0.2) is 4.98 Å². The molecule has 0 aromatic carbocycles. The molecule has 3 rings (SSSR count). The van der Waals surface area contributed by atoms with Crippen molar-refractivity contribution in [3.8, 4) is 5.75 Å². The summed E-state index contributed by atoms with van der Waals surface area (Å²) in [4.78, 5) is 6.56. The molecule has 2 unspecified atom stereocenters. The average Bonchev–Trinajstić information content (AvgIpc) is 2.55. The minimum atomic E-state index is 0.340. The molecule has 0 amide bonds. The fraction of sp³-hybridized carbons (Fsp3) is 0.615. The summed E-state index contributed by atoms with van der Waals surface area (Å²) < 4.78 is 5.99. The number of pyridine rings is 1. The van der Waals surface area contributed by atoms with E-state index in [1.807, 2.05) is 6.07 Å². The number of piperidine rings is 1. The van der Waals surface area contributed by atoms with Gasteiger partial charge < -0.3 is 9.64 Å². The van der Waals surface area contributed by atoms with E-state index in [1.165, 1.54) is 12.8 Å². The molecule has 2 aliphatic heterocycles. The summed E-state index contributed by atoms with van der Waals surface area (Å²) in [7, 11) is 2.24. The number of hydrogen-bond donors (Lipinski definition) is 0. The highest BCUT2D eigenvalue weighted by atomic mass is 35.5. The Balaban J connectivity index is 1.65. The lowest BCUT2D eigenvalue weighted by atomic mass is 10.0. The van der Waals surface area contributed by atoms with Crippen LogP contribution < -0.4 is 4.74 Å². The van der Waals surface area contributed by atoms with E-state index in [4.69, 9.17) is 16.3 Å². The van der Waals surface area contributed by atoms with Crippen molar-refractivity contribution in [2.24, 2.45) is 0 Å². The Morgan fingerprint density at radius 2 is 2.00 bits per heavy atom.